The second-order valence-corrected chi connectivity index (χ2v) is 7.93. The molecule has 1 fully saturated rings. The van der Waals surface area contributed by atoms with Crippen LogP contribution >= 0.6 is 11.3 Å². The predicted octanol–water partition coefficient (Wildman–Crippen LogP) is 2.69. The fourth-order valence-corrected chi connectivity index (χ4v) is 4.28. The third-order valence-corrected chi connectivity index (χ3v) is 6.03. The van der Waals surface area contributed by atoms with E-state index in [1.165, 1.54) is 0 Å². The number of benzene rings is 1. The minimum atomic E-state index is 0.0899. The summed E-state index contributed by atoms with van der Waals surface area (Å²) in [4.78, 5) is 22.5. The molecule has 2 aliphatic rings. The molecule has 0 bridgehead atoms. The third kappa shape index (κ3) is 3.41. The molecular formula is C20H20N4O3S. The van der Waals surface area contributed by atoms with Crippen molar-refractivity contribution in [2.45, 2.75) is 13.0 Å². The van der Waals surface area contributed by atoms with Crippen LogP contribution in [0.3, 0.4) is 0 Å². The molecule has 1 aromatic carbocycles. The Morgan fingerprint density at radius 2 is 2.07 bits per heavy atom. The molecule has 0 aliphatic carbocycles. The number of rotatable bonds is 4. The topological polar surface area (TPSA) is 71.7 Å². The molecule has 0 atom stereocenters. The van der Waals surface area contributed by atoms with Gasteiger partial charge < -0.3 is 14.2 Å². The fourth-order valence-electron chi connectivity index (χ4n) is 3.63. The average molecular weight is 396 g/mol. The van der Waals surface area contributed by atoms with E-state index >= 15 is 0 Å². The quantitative estimate of drug-likeness (QED) is 0.675. The maximum Gasteiger partial charge on any atom is 0.253 e. The first-order valence-corrected chi connectivity index (χ1v) is 10.3. The Labute approximate surface area is 166 Å². The van der Waals surface area contributed by atoms with Gasteiger partial charge in [-0.15, -0.1) is 11.3 Å². The van der Waals surface area contributed by atoms with E-state index in [9.17, 15) is 4.79 Å². The van der Waals surface area contributed by atoms with Gasteiger partial charge in [-0.1, -0.05) is 11.2 Å². The highest BCUT2D eigenvalue weighted by molar-refractivity contribution is 7.13. The van der Waals surface area contributed by atoms with E-state index < -0.39 is 0 Å². The molecule has 0 saturated carbocycles. The van der Waals surface area contributed by atoms with Crippen molar-refractivity contribution in [3.05, 3.63) is 52.7 Å². The lowest BCUT2D eigenvalue weighted by atomic mass is 10.1. The zero-order valence-corrected chi connectivity index (χ0v) is 16.2. The van der Waals surface area contributed by atoms with Gasteiger partial charge in [0.15, 0.2) is 0 Å². The van der Waals surface area contributed by atoms with Crippen LogP contribution in [0.5, 0.6) is 5.75 Å². The van der Waals surface area contributed by atoms with Crippen molar-refractivity contribution in [2.24, 2.45) is 0 Å². The van der Waals surface area contributed by atoms with Gasteiger partial charge in [-0.2, -0.15) is 4.98 Å². The lowest BCUT2D eigenvalue weighted by Gasteiger charge is -2.34. The first kappa shape index (κ1) is 17.4. The molecule has 2 aliphatic heterocycles. The van der Waals surface area contributed by atoms with Crippen LogP contribution in [0.15, 0.2) is 40.2 Å². The molecule has 28 heavy (non-hydrogen) atoms. The number of amides is 1. The standard InChI is InChI=1S/C20H20N4O3S/c25-20(15-3-4-16-14(12-15)5-10-26-16)24-8-6-23(7-9-24)13-18-21-19(22-27-18)17-2-1-11-28-17/h1-4,11-12H,5-10,13H2. The highest BCUT2D eigenvalue weighted by Gasteiger charge is 2.24. The second kappa shape index (κ2) is 7.37. The van der Waals surface area contributed by atoms with E-state index in [2.05, 4.69) is 15.0 Å². The van der Waals surface area contributed by atoms with Crippen molar-refractivity contribution in [1.82, 2.24) is 19.9 Å². The first-order chi connectivity index (χ1) is 13.8. The van der Waals surface area contributed by atoms with Crippen LogP contribution in [0.2, 0.25) is 0 Å². The van der Waals surface area contributed by atoms with Gasteiger partial charge >= 0.3 is 0 Å². The van der Waals surface area contributed by atoms with E-state index in [4.69, 9.17) is 9.26 Å². The average Bonchev–Trinajstić information content (AvgIpc) is 3.48. The summed E-state index contributed by atoms with van der Waals surface area (Å²) in [7, 11) is 0. The summed E-state index contributed by atoms with van der Waals surface area (Å²) in [5.74, 6) is 2.25. The molecule has 2 aromatic heterocycles. The smallest absolute Gasteiger partial charge is 0.253 e. The summed E-state index contributed by atoms with van der Waals surface area (Å²) in [5, 5.41) is 6.05. The Bertz CT molecular complexity index is 977. The van der Waals surface area contributed by atoms with E-state index in [-0.39, 0.29) is 5.91 Å². The Kier molecular flexibility index (Phi) is 4.58. The van der Waals surface area contributed by atoms with Crippen molar-refractivity contribution < 1.29 is 14.1 Å². The lowest BCUT2D eigenvalue weighted by molar-refractivity contribution is 0.0615. The van der Waals surface area contributed by atoms with Gasteiger partial charge in [-0.25, -0.2) is 0 Å². The number of fused-ring (bicyclic) bond motifs is 1. The molecule has 0 spiro atoms. The van der Waals surface area contributed by atoms with E-state index in [1.54, 1.807) is 11.3 Å². The number of ether oxygens (including phenoxy) is 1. The number of thiophene rings is 1. The molecule has 5 rings (SSSR count). The Morgan fingerprint density at radius 1 is 1.18 bits per heavy atom. The van der Waals surface area contributed by atoms with Crippen molar-refractivity contribution in [2.75, 3.05) is 32.8 Å². The summed E-state index contributed by atoms with van der Waals surface area (Å²) >= 11 is 1.59. The number of carbonyl (C=O) groups excluding carboxylic acids is 1. The van der Waals surface area contributed by atoms with Crippen molar-refractivity contribution in [3.8, 4) is 16.5 Å². The highest BCUT2D eigenvalue weighted by atomic mass is 32.1. The Balaban J connectivity index is 1.18. The first-order valence-electron chi connectivity index (χ1n) is 9.40. The molecule has 7 nitrogen and oxygen atoms in total. The number of piperazine rings is 1. The zero-order valence-electron chi connectivity index (χ0n) is 15.3. The zero-order chi connectivity index (χ0) is 18.9. The van der Waals surface area contributed by atoms with E-state index in [0.29, 0.717) is 38.0 Å². The summed E-state index contributed by atoms with van der Waals surface area (Å²) in [6.45, 7) is 4.27. The molecule has 1 amide bonds. The number of aromatic nitrogens is 2. The van der Waals surface area contributed by atoms with Crippen molar-refractivity contribution in [3.63, 3.8) is 0 Å². The monoisotopic (exact) mass is 396 g/mol. The second-order valence-electron chi connectivity index (χ2n) is 6.98. The normalized spacial score (nSPS) is 16.8. The summed E-state index contributed by atoms with van der Waals surface area (Å²) < 4.78 is 10.9. The lowest BCUT2D eigenvalue weighted by Crippen LogP contribution is -2.48. The minimum absolute atomic E-state index is 0.0899. The number of nitrogens with zero attached hydrogens (tertiary/aromatic N) is 4. The molecular weight excluding hydrogens is 376 g/mol. The summed E-state index contributed by atoms with van der Waals surface area (Å²) in [5.41, 5.74) is 1.87. The van der Waals surface area contributed by atoms with Gasteiger partial charge in [0.25, 0.3) is 5.91 Å². The van der Waals surface area contributed by atoms with Crippen LogP contribution in [-0.4, -0.2) is 58.6 Å². The van der Waals surface area contributed by atoms with Gasteiger partial charge in [0, 0.05) is 38.2 Å². The van der Waals surface area contributed by atoms with Gasteiger partial charge in [-0.05, 0) is 35.2 Å². The van der Waals surface area contributed by atoms with Gasteiger partial charge in [0.05, 0.1) is 18.0 Å². The van der Waals surface area contributed by atoms with Crippen molar-refractivity contribution in [1.29, 1.82) is 0 Å². The van der Waals surface area contributed by atoms with Crippen LogP contribution in [0.1, 0.15) is 21.8 Å². The molecule has 1 saturated heterocycles. The van der Waals surface area contributed by atoms with E-state index in [0.717, 1.165) is 41.3 Å². The minimum Gasteiger partial charge on any atom is -0.493 e. The van der Waals surface area contributed by atoms with E-state index in [1.807, 2.05) is 40.6 Å². The maximum atomic E-state index is 12.8. The fraction of sp³-hybridized carbons (Fsp3) is 0.350. The number of carbonyl (C=O) groups is 1. The molecule has 8 heteroatoms. The SMILES string of the molecule is O=C(c1ccc2c(c1)CCO2)N1CCN(Cc2nc(-c3cccs3)no2)CC1. The largest absolute Gasteiger partial charge is 0.493 e. The molecule has 0 radical (unpaired) electrons. The molecule has 3 aromatic rings. The Hall–Kier alpha value is -2.71. The number of hydrogen-bond donors (Lipinski definition) is 0. The molecule has 144 valence electrons. The third-order valence-electron chi connectivity index (χ3n) is 5.16. The van der Waals surface area contributed by atoms with Crippen LogP contribution in [0, 0.1) is 0 Å². The van der Waals surface area contributed by atoms with Gasteiger partial charge in [0.2, 0.25) is 11.7 Å². The Morgan fingerprint density at radius 3 is 2.89 bits per heavy atom. The van der Waals surface area contributed by atoms with Crippen LogP contribution in [0.4, 0.5) is 0 Å². The predicted molar refractivity (Wildman–Crippen MR) is 104 cm³/mol. The van der Waals surface area contributed by atoms with Gasteiger partial charge in [0.1, 0.15) is 5.75 Å². The molecule has 4 heterocycles. The summed E-state index contributed by atoms with van der Waals surface area (Å²) in [6.07, 6.45) is 0.877. The highest BCUT2D eigenvalue weighted by Crippen LogP contribution is 2.26. The van der Waals surface area contributed by atoms with Crippen LogP contribution in [-0.2, 0) is 13.0 Å². The molecule has 0 N–H and O–H groups in total. The summed E-state index contributed by atoms with van der Waals surface area (Å²) in [6, 6.07) is 9.70. The number of hydrogen-bond acceptors (Lipinski definition) is 7. The van der Waals surface area contributed by atoms with Crippen molar-refractivity contribution >= 4 is 17.2 Å². The van der Waals surface area contributed by atoms with Gasteiger partial charge in [-0.3, -0.25) is 9.69 Å². The van der Waals surface area contributed by atoms with Crippen LogP contribution < -0.4 is 4.74 Å². The maximum absolute atomic E-state index is 12.8. The van der Waals surface area contributed by atoms with Crippen LogP contribution in [0.25, 0.3) is 10.7 Å². The molecule has 0 unspecified atom stereocenters.